The average molecular weight is 331 g/mol. The van der Waals surface area contributed by atoms with Gasteiger partial charge in [0.1, 0.15) is 6.29 Å². The molecule has 0 aromatic heterocycles. The zero-order chi connectivity index (χ0) is 17.4. The van der Waals surface area contributed by atoms with Crippen molar-refractivity contribution >= 4 is 12.2 Å². The molecule has 0 bridgehead atoms. The molecule has 7 nitrogen and oxygen atoms in total. The molecule has 136 valence electrons. The Labute approximate surface area is 139 Å². The van der Waals surface area contributed by atoms with Crippen LogP contribution in [0.1, 0.15) is 39.5 Å². The zero-order valence-corrected chi connectivity index (χ0v) is 14.8. The van der Waals surface area contributed by atoms with Crippen LogP contribution in [-0.4, -0.2) is 64.4 Å². The molecule has 0 spiro atoms. The number of carbonyl (C=O) groups is 2. The number of amides is 1. The van der Waals surface area contributed by atoms with Crippen LogP contribution in [0.3, 0.4) is 0 Å². The fourth-order valence-electron chi connectivity index (χ4n) is 2.32. The van der Waals surface area contributed by atoms with E-state index in [0.717, 1.165) is 38.5 Å². The molecule has 23 heavy (non-hydrogen) atoms. The Kier molecular flexibility index (Phi) is 13.9. The topological polar surface area (TPSA) is 88.7 Å². The number of aldehydes is 1. The Balaban J connectivity index is 0.00000232. The highest BCUT2D eigenvalue weighted by Gasteiger charge is 2.35. The minimum Gasteiger partial charge on any atom is -0.353 e. The second kappa shape index (κ2) is 14.6. The van der Waals surface area contributed by atoms with Crippen molar-refractivity contribution < 1.29 is 19.1 Å². The van der Waals surface area contributed by atoms with Gasteiger partial charge in [-0.1, -0.05) is 13.8 Å². The highest BCUT2D eigenvalue weighted by atomic mass is 16.7. The molecule has 7 heteroatoms. The summed E-state index contributed by atoms with van der Waals surface area (Å²) >= 11 is 0. The largest absolute Gasteiger partial charge is 0.353 e. The lowest BCUT2D eigenvalue weighted by molar-refractivity contribution is -0.230. The van der Waals surface area contributed by atoms with E-state index in [0.29, 0.717) is 19.8 Å². The summed E-state index contributed by atoms with van der Waals surface area (Å²) in [5, 5.41) is 8.49. The van der Waals surface area contributed by atoms with Gasteiger partial charge in [-0.15, -0.1) is 0 Å². The molecule has 0 heterocycles. The number of rotatable bonds is 12. The van der Waals surface area contributed by atoms with Crippen molar-refractivity contribution in [3.63, 3.8) is 0 Å². The van der Waals surface area contributed by atoms with Gasteiger partial charge >= 0.3 is 0 Å². The molecular formula is C16H33N3O4. The smallest absolute Gasteiger partial charge is 0.234 e. The minimum atomic E-state index is -0.475. The van der Waals surface area contributed by atoms with Crippen molar-refractivity contribution in [3.05, 3.63) is 0 Å². The summed E-state index contributed by atoms with van der Waals surface area (Å²) in [4.78, 5) is 21.5. The van der Waals surface area contributed by atoms with Crippen LogP contribution in [0, 0.1) is 0 Å². The molecule has 1 rings (SSSR count). The molecule has 0 saturated heterocycles. The molecule has 1 aliphatic rings. The van der Waals surface area contributed by atoms with Gasteiger partial charge in [0.25, 0.3) is 0 Å². The van der Waals surface area contributed by atoms with Crippen LogP contribution in [0.25, 0.3) is 0 Å². The Morgan fingerprint density at radius 3 is 2.30 bits per heavy atom. The number of likely N-dealkylation sites (N-methyl/N-ethyl adjacent to an activating group) is 1. The predicted octanol–water partition coefficient (Wildman–Crippen LogP) is 0.440. The van der Waals surface area contributed by atoms with Gasteiger partial charge < -0.3 is 30.2 Å². The molecular weight excluding hydrogens is 298 g/mol. The Morgan fingerprint density at radius 2 is 1.74 bits per heavy atom. The van der Waals surface area contributed by atoms with Gasteiger partial charge in [0, 0.05) is 25.9 Å². The van der Waals surface area contributed by atoms with E-state index in [2.05, 4.69) is 16.0 Å². The van der Waals surface area contributed by atoms with Gasteiger partial charge in [0.05, 0.1) is 26.3 Å². The molecule has 1 aliphatic carbocycles. The summed E-state index contributed by atoms with van der Waals surface area (Å²) in [5.74, 6) is -0.617. The first-order chi connectivity index (χ1) is 11.2. The number of carbonyl (C=O) groups excluding carboxylic acids is 2. The second-order valence-corrected chi connectivity index (χ2v) is 5.07. The zero-order valence-electron chi connectivity index (χ0n) is 14.8. The summed E-state index contributed by atoms with van der Waals surface area (Å²) in [6, 6.07) is 0. The standard InChI is InChI=1S/C14H27N3O4.C2H6/c1-15-7-10-20-14(4-2-3-5-14)21-11-8-17-13(19)12-16-6-9-18;1-2/h9,15-16H,2-8,10-12H2,1H3,(H,17,19);1-2H3. The molecule has 1 saturated carbocycles. The van der Waals surface area contributed by atoms with Crippen LogP contribution in [0.4, 0.5) is 0 Å². The Hall–Kier alpha value is -1.02. The average Bonchev–Trinajstić information content (AvgIpc) is 3.03. The molecule has 1 amide bonds. The summed E-state index contributed by atoms with van der Waals surface area (Å²) in [5.41, 5.74) is 0. The van der Waals surface area contributed by atoms with Crippen LogP contribution in [0.15, 0.2) is 0 Å². The maximum Gasteiger partial charge on any atom is 0.234 e. The molecule has 0 aromatic carbocycles. The van der Waals surface area contributed by atoms with Crippen molar-refractivity contribution in [2.75, 3.05) is 46.4 Å². The summed E-state index contributed by atoms with van der Waals surface area (Å²) < 4.78 is 11.7. The van der Waals surface area contributed by atoms with E-state index < -0.39 is 5.79 Å². The van der Waals surface area contributed by atoms with E-state index in [1.165, 1.54) is 0 Å². The van der Waals surface area contributed by atoms with E-state index >= 15 is 0 Å². The quantitative estimate of drug-likeness (QED) is 0.273. The van der Waals surface area contributed by atoms with Crippen LogP contribution >= 0.6 is 0 Å². The van der Waals surface area contributed by atoms with Crippen LogP contribution in [0.2, 0.25) is 0 Å². The lowest BCUT2D eigenvalue weighted by Crippen LogP contribution is -2.40. The van der Waals surface area contributed by atoms with E-state index in [4.69, 9.17) is 9.47 Å². The van der Waals surface area contributed by atoms with Crippen molar-refractivity contribution in [2.24, 2.45) is 0 Å². The highest BCUT2D eigenvalue weighted by molar-refractivity contribution is 5.78. The fraction of sp³-hybridized carbons (Fsp3) is 0.875. The SMILES string of the molecule is CC.CNCCOC1(OCCNC(=O)CNCC=O)CCCC1. The predicted molar refractivity (Wildman–Crippen MR) is 90.3 cm³/mol. The molecule has 0 aromatic rings. The lowest BCUT2D eigenvalue weighted by Gasteiger charge is -2.29. The first-order valence-electron chi connectivity index (χ1n) is 8.56. The lowest BCUT2D eigenvalue weighted by atomic mass is 10.2. The first kappa shape index (κ1) is 22.0. The summed E-state index contributed by atoms with van der Waals surface area (Å²) in [7, 11) is 1.89. The van der Waals surface area contributed by atoms with Crippen molar-refractivity contribution in [1.29, 1.82) is 0 Å². The van der Waals surface area contributed by atoms with Crippen LogP contribution in [-0.2, 0) is 19.1 Å². The highest BCUT2D eigenvalue weighted by Crippen LogP contribution is 2.34. The third kappa shape index (κ3) is 10.4. The van der Waals surface area contributed by atoms with Gasteiger partial charge in [0.15, 0.2) is 5.79 Å². The molecule has 0 radical (unpaired) electrons. The van der Waals surface area contributed by atoms with Crippen LogP contribution in [0.5, 0.6) is 0 Å². The molecule has 3 N–H and O–H groups in total. The number of hydrogen-bond donors (Lipinski definition) is 3. The molecule has 0 atom stereocenters. The van der Waals surface area contributed by atoms with Crippen molar-refractivity contribution in [1.82, 2.24) is 16.0 Å². The van der Waals surface area contributed by atoms with Gasteiger partial charge in [-0.3, -0.25) is 4.79 Å². The number of hydrogen-bond acceptors (Lipinski definition) is 6. The minimum absolute atomic E-state index is 0.141. The fourth-order valence-corrected chi connectivity index (χ4v) is 2.32. The van der Waals surface area contributed by atoms with E-state index in [1.807, 2.05) is 20.9 Å². The summed E-state index contributed by atoms with van der Waals surface area (Å²) in [6.07, 6.45) is 4.77. The second-order valence-electron chi connectivity index (χ2n) is 5.07. The normalized spacial score (nSPS) is 15.6. The monoisotopic (exact) mass is 331 g/mol. The summed E-state index contributed by atoms with van der Waals surface area (Å²) in [6.45, 7) is 6.62. The molecule has 0 aliphatic heterocycles. The Bertz CT molecular complexity index is 308. The van der Waals surface area contributed by atoms with E-state index in [-0.39, 0.29) is 19.0 Å². The third-order valence-electron chi connectivity index (χ3n) is 3.39. The van der Waals surface area contributed by atoms with Gasteiger partial charge in [0.2, 0.25) is 5.91 Å². The third-order valence-corrected chi connectivity index (χ3v) is 3.39. The number of ether oxygens (including phenoxy) is 2. The van der Waals surface area contributed by atoms with Gasteiger partial charge in [-0.05, 0) is 19.9 Å². The molecule has 1 fully saturated rings. The van der Waals surface area contributed by atoms with Crippen molar-refractivity contribution in [3.8, 4) is 0 Å². The maximum atomic E-state index is 11.4. The van der Waals surface area contributed by atoms with Crippen molar-refractivity contribution in [2.45, 2.75) is 45.3 Å². The molecule has 0 unspecified atom stereocenters. The van der Waals surface area contributed by atoms with Gasteiger partial charge in [-0.2, -0.15) is 0 Å². The van der Waals surface area contributed by atoms with E-state index in [1.54, 1.807) is 0 Å². The van der Waals surface area contributed by atoms with Crippen LogP contribution < -0.4 is 16.0 Å². The Morgan fingerprint density at radius 1 is 1.13 bits per heavy atom. The first-order valence-corrected chi connectivity index (χ1v) is 8.56. The van der Waals surface area contributed by atoms with Gasteiger partial charge in [-0.25, -0.2) is 0 Å². The van der Waals surface area contributed by atoms with E-state index in [9.17, 15) is 9.59 Å². The maximum absolute atomic E-state index is 11.4. The number of nitrogens with one attached hydrogen (secondary N) is 3.